The molecule has 0 saturated carbocycles. The van der Waals surface area contributed by atoms with E-state index in [0.29, 0.717) is 19.3 Å². The third-order valence-electron chi connectivity index (χ3n) is 7.74. The van der Waals surface area contributed by atoms with E-state index in [4.69, 9.17) is 14.2 Å². The van der Waals surface area contributed by atoms with E-state index in [9.17, 15) is 19.5 Å². The molecule has 292 valence electrons. The van der Waals surface area contributed by atoms with Gasteiger partial charge in [-0.3, -0.25) is 9.59 Å². The van der Waals surface area contributed by atoms with Crippen molar-refractivity contribution in [3.8, 4) is 0 Å². The van der Waals surface area contributed by atoms with Gasteiger partial charge in [0.25, 0.3) is 0 Å². The van der Waals surface area contributed by atoms with Crippen LogP contribution in [0.2, 0.25) is 0 Å². The van der Waals surface area contributed by atoms with Crippen LogP contribution in [0.25, 0.3) is 0 Å². The van der Waals surface area contributed by atoms with E-state index < -0.39 is 24.1 Å². The maximum atomic E-state index is 12.6. The van der Waals surface area contributed by atoms with E-state index in [-0.39, 0.29) is 43.1 Å². The van der Waals surface area contributed by atoms with Crippen LogP contribution < -0.4 is 0 Å². The molecule has 0 aromatic rings. The van der Waals surface area contributed by atoms with Crippen LogP contribution in [0.1, 0.15) is 110 Å². The lowest BCUT2D eigenvalue weighted by atomic mass is 10.1. The summed E-state index contributed by atoms with van der Waals surface area (Å²) in [6.45, 7) is 4.33. The average Bonchev–Trinajstić information content (AvgIpc) is 3.09. The number of hydrogen-bond donors (Lipinski definition) is 1. The Hall–Kier alpha value is -3.75. The lowest BCUT2D eigenvalue weighted by Gasteiger charge is -2.31. The minimum absolute atomic E-state index is 0.0136. The number of carboxylic acid groups (broad SMARTS) is 1. The van der Waals surface area contributed by atoms with Crippen molar-refractivity contribution in [2.75, 3.05) is 41.0 Å². The number of allylic oxidation sites excluding steroid dienone is 16. The zero-order valence-electron chi connectivity index (χ0n) is 33.0. The SMILES string of the molecule is CC/C=C/C/C=C/C/C=C/C/C=C/C/C=C/C/C=C/CCC(=O)OC(COCCC(C(=O)O)[N+](C)(C)C)COC(=O)CCCC/C=C/C/C=C/CC. The number of quaternary nitrogens is 1. The van der Waals surface area contributed by atoms with Crippen LogP contribution in [-0.2, 0) is 28.6 Å². The van der Waals surface area contributed by atoms with Gasteiger partial charge in [0, 0.05) is 19.3 Å². The van der Waals surface area contributed by atoms with E-state index in [1.165, 1.54) is 0 Å². The summed E-state index contributed by atoms with van der Waals surface area (Å²) in [6, 6.07) is -0.636. The van der Waals surface area contributed by atoms with Gasteiger partial charge in [0.15, 0.2) is 12.1 Å². The monoisotopic (exact) mass is 725 g/mol. The molecule has 0 bridgehead atoms. The normalized spacial score (nSPS) is 14.1. The van der Waals surface area contributed by atoms with Gasteiger partial charge in [-0.1, -0.05) is 111 Å². The third-order valence-corrected chi connectivity index (χ3v) is 7.74. The first-order valence-electron chi connectivity index (χ1n) is 19.3. The Labute approximate surface area is 316 Å². The van der Waals surface area contributed by atoms with Crippen LogP contribution in [0.15, 0.2) is 97.2 Å². The van der Waals surface area contributed by atoms with E-state index in [2.05, 4.69) is 98.9 Å². The van der Waals surface area contributed by atoms with Crippen molar-refractivity contribution >= 4 is 17.9 Å². The van der Waals surface area contributed by atoms with Crippen LogP contribution in [0.3, 0.4) is 0 Å². The zero-order chi connectivity index (χ0) is 38.5. The molecule has 52 heavy (non-hydrogen) atoms. The summed E-state index contributed by atoms with van der Waals surface area (Å²) in [4.78, 5) is 36.7. The van der Waals surface area contributed by atoms with Gasteiger partial charge in [-0.05, 0) is 77.0 Å². The molecule has 0 heterocycles. The van der Waals surface area contributed by atoms with Gasteiger partial charge in [0.05, 0.1) is 34.4 Å². The van der Waals surface area contributed by atoms with Crippen molar-refractivity contribution in [2.24, 2.45) is 0 Å². The van der Waals surface area contributed by atoms with E-state index in [0.717, 1.165) is 64.2 Å². The highest BCUT2D eigenvalue weighted by molar-refractivity contribution is 5.72. The molecule has 0 radical (unpaired) electrons. The van der Waals surface area contributed by atoms with Crippen LogP contribution in [0.5, 0.6) is 0 Å². The summed E-state index contributed by atoms with van der Waals surface area (Å²) in [7, 11) is 5.46. The fourth-order valence-electron chi connectivity index (χ4n) is 4.80. The molecule has 0 aliphatic rings. The molecule has 2 unspecified atom stereocenters. The van der Waals surface area contributed by atoms with Crippen molar-refractivity contribution < 1.29 is 38.2 Å². The number of ether oxygens (including phenoxy) is 3. The number of esters is 2. The highest BCUT2D eigenvalue weighted by Gasteiger charge is 2.31. The molecule has 0 rings (SSSR count). The molecule has 8 nitrogen and oxygen atoms in total. The molecule has 0 spiro atoms. The second kappa shape index (κ2) is 34.3. The fourth-order valence-corrected chi connectivity index (χ4v) is 4.80. The number of carbonyl (C=O) groups excluding carboxylic acids is 2. The molecule has 0 amide bonds. The van der Waals surface area contributed by atoms with Crippen molar-refractivity contribution in [2.45, 2.75) is 122 Å². The topological polar surface area (TPSA) is 99.1 Å². The molecule has 8 heteroatoms. The first kappa shape index (κ1) is 48.2. The summed E-state index contributed by atoms with van der Waals surface area (Å²) in [5.41, 5.74) is 0. The molecule has 0 fully saturated rings. The molecule has 0 aromatic carbocycles. The Morgan fingerprint density at radius 2 is 1.04 bits per heavy atom. The molecule has 0 aliphatic heterocycles. The Kier molecular flexibility index (Phi) is 31.9. The van der Waals surface area contributed by atoms with Crippen LogP contribution in [0, 0.1) is 0 Å². The maximum Gasteiger partial charge on any atom is 0.362 e. The summed E-state index contributed by atoms with van der Waals surface area (Å²) in [5, 5.41) is 9.57. The number of hydrogen-bond acceptors (Lipinski definition) is 6. The first-order chi connectivity index (χ1) is 25.1. The van der Waals surface area contributed by atoms with E-state index >= 15 is 0 Å². The minimum atomic E-state index is -0.897. The van der Waals surface area contributed by atoms with Crippen LogP contribution in [0.4, 0.5) is 0 Å². The molecular weight excluding hydrogens is 654 g/mol. The Bertz CT molecular complexity index is 1170. The summed E-state index contributed by atoms with van der Waals surface area (Å²) < 4.78 is 17.0. The van der Waals surface area contributed by atoms with Gasteiger partial charge in [-0.25, -0.2) is 4.79 Å². The maximum absolute atomic E-state index is 12.6. The summed E-state index contributed by atoms with van der Waals surface area (Å²) in [5.74, 6) is -1.64. The highest BCUT2D eigenvalue weighted by atomic mass is 16.6. The fraction of sp³-hybridized carbons (Fsp3) is 0.568. The number of carboxylic acids is 1. The number of likely N-dealkylation sites (N-methyl/N-ethyl adjacent to an activating group) is 1. The first-order valence-corrected chi connectivity index (χ1v) is 19.3. The number of aliphatic carboxylic acids is 1. The van der Waals surface area contributed by atoms with Crippen molar-refractivity contribution in [3.05, 3.63) is 97.2 Å². The van der Waals surface area contributed by atoms with Crippen LogP contribution >= 0.6 is 0 Å². The summed E-state index contributed by atoms with van der Waals surface area (Å²) >= 11 is 0. The Morgan fingerprint density at radius 3 is 1.50 bits per heavy atom. The molecule has 1 N–H and O–H groups in total. The van der Waals surface area contributed by atoms with Gasteiger partial charge < -0.3 is 23.8 Å². The molecule has 0 aromatic heterocycles. The predicted octanol–water partition coefficient (Wildman–Crippen LogP) is 9.96. The van der Waals surface area contributed by atoms with Gasteiger partial charge in [-0.2, -0.15) is 0 Å². The largest absolute Gasteiger partial charge is 0.477 e. The molecular formula is C44H70NO7+. The highest BCUT2D eigenvalue weighted by Crippen LogP contribution is 2.10. The minimum Gasteiger partial charge on any atom is -0.477 e. The number of unbranched alkanes of at least 4 members (excludes halogenated alkanes) is 2. The van der Waals surface area contributed by atoms with E-state index in [1.54, 1.807) is 0 Å². The van der Waals surface area contributed by atoms with Gasteiger partial charge in [0.1, 0.15) is 6.61 Å². The van der Waals surface area contributed by atoms with Gasteiger partial charge >= 0.3 is 17.9 Å². The van der Waals surface area contributed by atoms with Crippen molar-refractivity contribution in [1.29, 1.82) is 0 Å². The zero-order valence-corrected chi connectivity index (χ0v) is 33.0. The lowest BCUT2D eigenvalue weighted by Crippen LogP contribution is -2.50. The molecule has 0 aliphatic carbocycles. The van der Waals surface area contributed by atoms with E-state index in [1.807, 2.05) is 33.3 Å². The van der Waals surface area contributed by atoms with Crippen molar-refractivity contribution in [1.82, 2.24) is 0 Å². The predicted molar refractivity (Wildman–Crippen MR) is 215 cm³/mol. The average molecular weight is 725 g/mol. The Morgan fingerprint density at radius 1 is 0.577 bits per heavy atom. The number of nitrogens with zero attached hydrogens (tertiary/aromatic N) is 1. The molecule has 2 atom stereocenters. The smallest absolute Gasteiger partial charge is 0.362 e. The number of rotatable bonds is 32. The second-order valence-corrected chi connectivity index (χ2v) is 13.4. The Balaban J connectivity index is 4.58. The third kappa shape index (κ3) is 32.2. The van der Waals surface area contributed by atoms with Crippen LogP contribution in [-0.4, -0.2) is 80.6 Å². The summed E-state index contributed by atoms with van der Waals surface area (Å²) in [6.07, 6.45) is 44.9. The quantitative estimate of drug-likeness (QED) is 0.0319. The lowest BCUT2D eigenvalue weighted by molar-refractivity contribution is -0.887. The molecule has 0 saturated heterocycles. The van der Waals surface area contributed by atoms with Crippen molar-refractivity contribution in [3.63, 3.8) is 0 Å². The second-order valence-electron chi connectivity index (χ2n) is 13.4. The van der Waals surface area contributed by atoms with Gasteiger partial charge in [-0.15, -0.1) is 0 Å². The number of carbonyl (C=O) groups is 3. The van der Waals surface area contributed by atoms with Gasteiger partial charge in [0.2, 0.25) is 0 Å². The standard InChI is InChI=1S/C44H69NO7/c1-6-8-10-12-14-16-17-18-19-20-21-22-23-24-25-27-29-31-33-35-43(47)52-40(38-50-37-36-41(44(48)49)45(3,4)5)39-51-42(46)34-32-30-28-26-15-13-11-9-7-2/h8-11,14-16,18-19,21-22,24-26,29,31,40-41H,6-7,12-13,17,20,23,27-28,30,32-39H2,1-5H3/p+1/b10-8+,11-9+,16-14+,19-18+,22-21+,25-24+,26-15+,31-29+.